The van der Waals surface area contributed by atoms with E-state index in [9.17, 15) is 13.6 Å². The van der Waals surface area contributed by atoms with Crippen LogP contribution in [-0.4, -0.2) is 32.7 Å². The summed E-state index contributed by atoms with van der Waals surface area (Å²) in [5.41, 5.74) is -0.0234. The molecule has 2 aromatic carbocycles. The van der Waals surface area contributed by atoms with Gasteiger partial charge in [0.05, 0.1) is 12.7 Å². The van der Waals surface area contributed by atoms with E-state index in [0.29, 0.717) is 13.2 Å². The van der Waals surface area contributed by atoms with Crippen molar-refractivity contribution in [1.82, 2.24) is 0 Å². The Morgan fingerprint density at radius 3 is 2.61 bits per heavy atom. The van der Waals surface area contributed by atoms with Gasteiger partial charge in [-0.3, -0.25) is 4.79 Å². The largest absolute Gasteiger partial charge is 0.488 e. The second-order valence-corrected chi connectivity index (χ2v) is 5.22. The Morgan fingerprint density at radius 1 is 1.17 bits per heavy atom. The smallest absolute Gasteiger partial charge is 0.279 e. The lowest BCUT2D eigenvalue weighted by Crippen LogP contribution is -3.10. The second kappa shape index (κ2) is 8.24. The van der Waals surface area contributed by atoms with Crippen LogP contribution in [0.4, 0.5) is 14.5 Å². The topological polar surface area (TPSA) is 42.8 Å². The molecule has 0 bridgehead atoms. The quantitative estimate of drug-likeness (QED) is 0.811. The molecule has 2 N–H and O–H groups in total. The molecule has 1 amide bonds. The number of anilines is 1. The van der Waals surface area contributed by atoms with Gasteiger partial charge in [0.2, 0.25) is 0 Å². The van der Waals surface area contributed by atoms with E-state index in [0.717, 1.165) is 22.8 Å². The lowest BCUT2D eigenvalue weighted by atomic mass is 10.3. The van der Waals surface area contributed by atoms with Crippen LogP contribution in [0.3, 0.4) is 0 Å². The summed E-state index contributed by atoms with van der Waals surface area (Å²) in [6.07, 6.45) is 0. The van der Waals surface area contributed by atoms with Crippen molar-refractivity contribution in [1.29, 1.82) is 0 Å². The van der Waals surface area contributed by atoms with Crippen LogP contribution in [0.5, 0.6) is 5.75 Å². The zero-order valence-electron chi connectivity index (χ0n) is 12.8. The first-order valence-corrected chi connectivity index (χ1v) is 7.28. The van der Waals surface area contributed by atoms with Gasteiger partial charge in [0.25, 0.3) is 5.91 Å². The third-order valence-electron chi connectivity index (χ3n) is 3.21. The Kier molecular flexibility index (Phi) is 6.05. The first-order valence-electron chi connectivity index (χ1n) is 7.28. The first kappa shape index (κ1) is 16.9. The lowest BCUT2D eigenvalue weighted by molar-refractivity contribution is -0.871. The van der Waals surface area contributed by atoms with Gasteiger partial charge in [-0.15, -0.1) is 0 Å². The Bertz CT molecular complexity index is 650. The van der Waals surface area contributed by atoms with E-state index in [-0.39, 0.29) is 18.1 Å². The van der Waals surface area contributed by atoms with E-state index in [1.165, 1.54) is 6.07 Å². The molecule has 0 heterocycles. The van der Waals surface area contributed by atoms with Gasteiger partial charge in [0.1, 0.15) is 30.5 Å². The summed E-state index contributed by atoms with van der Waals surface area (Å²) in [4.78, 5) is 12.8. The van der Waals surface area contributed by atoms with Gasteiger partial charge in [-0.25, -0.2) is 8.78 Å². The Labute approximate surface area is 133 Å². The van der Waals surface area contributed by atoms with Crippen molar-refractivity contribution in [3.8, 4) is 5.75 Å². The molecule has 4 nitrogen and oxygen atoms in total. The molecule has 23 heavy (non-hydrogen) atoms. The molecule has 0 saturated carbocycles. The number of hydrogen-bond donors (Lipinski definition) is 2. The average molecular weight is 321 g/mol. The predicted molar refractivity (Wildman–Crippen MR) is 83.5 cm³/mol. The summed E-state index contributed by atoms with van der Waals surface area (Å²) in [7, 11) is 1.84. The summed E-state index contributed by atoms with van der Waals surface area (Å²) in [6.45, 7) is 1.25. The number of rotatable bonds is 7. The maximum atomic E-state index is 13.5. The molecule has 0 aliphatic heterocycles. The van der Waals surface area contributed by atoms with E-state index in [4.69, 9.17) is 4.74 Å². The van der Waals surface area contributed by atoms with Crippen molar-refractivity contribution in [2.24, 2.45) is 0 Å². The van der Waals surface area contributed by atoms with Gasteiger partial charge >= 0.3 is 0 Å². The van der Waals surface area contributed by atoms with Gasteiger partial charge in [-0.1, -0.05) is 18.2 Å². The minimum Gasteiger partial charge on any atom is -0.488 e. The number of nitrogens with one attached hydrogen (secondary N) is 2. The summed E-state index contributed by atoms with van der Waals surface area (Å²) >= 11 is 0. The normalized spacial score (nSPS) is 11.8. The van der Waals surface area contributed by atoms with Crippen molar-refractivity contribution < 1.29 is 23.2 Å². The molecule has 0 fully saturated rings. The van der Waals surface area contributed by atoms with E-state index < -0.39 is 11.6 Å². The Hall–Kier alpha value is -2.47. The monoisotopic (exact) mass is 321 g/mol. The van der Waals surface area contributed by atoms with Gasteiger partial charge < -0.3 is 15.0 Å². The molecule has 0 aliphatic rings. The minimum atomic E-state index is -0.789. The Morgan fingerprint density at radius 2 is 1.91 bits per heavy atom. The molecule has 122 valence electrons. The molecule has 1 atom stereocenters. The fourth-order valence-corrected chi connectivity index (χ4v) is 2.01. The van der Waals surface area contributed by atoms with Crippen molar-refractivity contribution >= 4 is 11.6 Å². The summed E-state index contributed by atoms with van der Waals surface area (Å²) in [6, 6.07) is 12.4. The molecular formula is C17H19F2N2O2+. The number of hydrogen-bond acceptors (Lipinski definition) is 2. The second-order valence-electron chi connectivity index (χ2n) is 5.22. The van der Waals surface area contributed by atoms with Crippen molar-refractivity contribution in [3.63, 3.8) is 0 Å². The highest BCUT2D eigenvalue weighted by Gasteiger charge is 2.12. The average Bonchev–Trinajstić information content (AvgIpc) is 2.51. The number of ether oxygens (including phenoxy) is 1. The standard InChI is InChI=1S/C17H18F2N2O2/c1-21(9-10-23-14-5-3-2-4-6-14)12-17(22)20-16-8-7-13(18)11-15(16)19/h2-8,11H,9-10,12H2,1H3,(H,20,22)/p+1. The fraction of sp³-hybridized carbons (Fsp3) is 0.235. The Balaban J connectivity index is 1.74. The molecule has 2 aromatic rings. The molecule has 0 spiro atoms. The van der Waals surface area contributed by atoms with Crippen molar-refractivity contribution in [2.45, 2.75) is 0 Å². The number of para-hydroxylation sites is 1. The number of carbonyl (C=O) groups is 1. The van der Waals surface area contributed by atoms with Crippen LogP contribution >= 0.6 is 0 Å². The van der Waals surface area contributed by atoms with Gasteiger partial charge in [-0.2, -0.15) is 0 Å². The van der Waals surface area contributed by atoms with E-state index in [2.05, 4.69) is 5.32 Å². The predicted octanol–water partition coefficient (Wildman–Crippen LogP) is 1.50. The van der Waals surface area contributed by atoms with E-state index >= 15 is 0 Å². The number of carbonyl (C=O) groups excluding carboxylic acids is 1. The van der Waals surface area contributed by atoms with Crippen LogP contribution in [-0.2, 0) is 4.79 Å². The van der Waals surface area contributed by atoms with Crippen molar-refractivity contribution in [3.05, 3.63) is 60.2 Å². The lowest BCUT2D eigenvalue weighted by Gasteiger charge is -2.14. The maximum Gasteiger partial charge on any atom is 0.279 e. The molecule has 0 saturated heterocycles. The maximum absolute atomic E-state index is 13.5. The van der Waals surface area contributed by atoms with Gasteiger partial charge in [-0.05, 0) is 24.3 Å². The number of halogens is 2. The van der Waals surface area contributed by atoms with E-state index in [1.807, 2.05) is 37.4 Å². The number of benzene rings is 2. The molecule has 6 heteroatoms. The van der Waals surface area contributed by atoms with E-state index in [1.54, 1.807) is 0 Å². The van der Waals surface area contributed by atoms with Crippen LogP contribution < -0.4 is 15.0 Å². The van der Waals surface area contributed by atoms with Gasteiger partial charge in [0.15, 0.2) is 6.54 Å². The van der Waals surface area contributed by atoms with Crippen LogP contribution in [0.25, 0.3) is 0 Å². The minimum absolute atomic E-state index is 0.0234. The molecular weight excluding hydrogens is 302 g/mol. The number of quaternary nitrogens is 1. The molecule has 2 rings (SSSR count). The number of likely N-dealkylation sites (N-methyl/N-ethyl adjacent to an activating group) is 1. The van der Waals surface area contributed by atoms with Crippen LogP contribution in [0, 0.1) is 11.6 Å². The fourth-order valence-electron chi connectivity index (χ4n) is 2.01. The number of amides is 1. The molecule has 1 unspecified atom stereocenters. The van der Waals surface area contributed by atoms with Crippen LogP contribution in [0.2, 0.25) is 0 Å². The highest BCUT2D eigenvalue weighted by molar-refractivity contribution is 5.91. The molecule has 0 aromatic heterocycles. The van der Waals surface area contributed by atoms with Crippen LogP contribution in [0.15, 0.2) is 48.5 Å². The van der Waals surface area contributed by atoms with Crippen LogP contribution in [0.1, 0.15) is 0 Å². The van der Waals surface area contributed by atoms with Crippen molar-refractivity contribution in [2.75, 3.05) is 32.1 Å². The zero-order chi connectivity index (χ0) is 16.7. The summed E-state index contributed by atoms with van der Waals surface area (Å²) in [5.74, 6) is -1.03. The highest BCUT2D eigenvalue weighted by Crippen LogP contribution is 2.14. The summed E-state index contributed by atoms with van der Waals surface area (Å²) in [5, 5.41) is 2.43. The third-order valence-corrected chi connectivity index (χ3v) is 3.21. The SMILES string of the molecule is C[NH+](CCOc1ccccc1)CC(=O)Nc1ccc(F)cc1F. The first-order chi connectivity index (χ1) is 11.0. The molecule has 0 aliphatic carbocycles. The zero-order valence-corrected chi connectivity index (χ0v) is 12.8. The summed E-state index contributed by atoms with van der Waals surface area (Å²) < 4.78 is 31.8. The van der Waals surface area contributed by atoms with Gasteiger partial charge in [0, 0.05) is 6.07 Å². The highest BCUT2D eigenvalue weighted by atomic mass is 19.1. The molecule has 0 radical (unpaired) electrons. The third kappa shape index (κ3) is 5.67.